The summed E-state index contributed by atoms with van der Waals surface area (Å²) >= 11 is 11.5. The van der Waals surface area contributed by atoms with Gasteiger partial charge in [-0.05, 0) is 37.2 Å². The molecule has 0 unspecified atom stereocenters. The van der Waals surface area contributed by atoms with Crippen molar-refractivity contribution in [3.63, 3.8) is 0 Å². The van der Waals surface area contributed by atoms with Crippen LogP contribution in [0.3, 0.4) is 0 Å². The summed E-state index contributed by atoms with van der Waals surface area (Å²) in [6.07, 6.45) is 0. The molecule has 1 aromatic carbocycles. The van der Waals surface area contributed by atoms with E-state index in [4.69, 9.17) is 23.2 Å². The molecule has 0 aliphatic rings. The van der Waals surface area contributed by atoms with E-state index < -0.39 is 10.0 Å². The topological polar surface area (TPSA) is 46.2 Å². The number of nitrogens with one attached hydrogen (secondary N) is 1. The Hall–Kier alpha value is -0.290. The average molecular weight is 268 g/mol. The van der Waals surface area contributed by atoms with E-state index in [0.717, 1.165) is 5.56 Å². The highest BCUT2D eigenvalue weighted by molar-refractivity contribution is 7.89. The van der Waals surface area contributed by atoms with E-state index >= 15 is 0 Å². The van der Waals surface area contributed by atoms with Gasteiger partial charge in [-0.25, -0.2) is 13.1 Å². The third kappa shape index (κ3) is 2.64. The Morgan fingerprint density at radius 3 is 2.47 bits per heavy atom. The van der Waals surface area contributed by atoms with E-state index in [1.165, 1.54) is 13.1 Å². The molecule has 0 atom stereocenters. The zero-order valence-corrected chi connectivity index (χ0v) is 10.7. The molecule has 0 aliphatic heterocycles. The molecule has 0 aromatic heterocycles. The van der Waals surface area contributed by atoms with Crippen LogP contribution in [0.5, 0.6) is 0 Å². The minimum absolute atomic E-state index is 0.174. The summed E-state index contributed by atoms with van der Waals surface area (Å²) in [5.41, 5.74) is 1.35. The molecule has 1 aromatic rings. The first-order valence-electron chi connectivity index (χ1n) is 4.21. The van der Waals surface area contributed by atoms with Gasteiger partial charge in [0, 0.05) is 10.9 Å². The van der Waals surface area contributed by atoms with Gasteiger partial charge in [0.25, 0.3) is 0 Å². The van der Waals surface area contributed by atoms with Crippen molar-refractivity contribution < 1.29 is 8.42 Å². The molecule has 1 N–H and O–H groups in total. The van der Waals surface area contributed by atoms with Crippen molar-refractivity contribution in [2.24, 2.45) is 0 Å². The first-order chi connectivity index (χ1) is 6.92. The molecule has 0 spiro atoms. The van der Waals surface area contributed by atoms with Gasteiger partial charge in [0.05, 0.1) is 4.90 Å². The number of halogens is 2. The van der Waals surface area contributed by atoms with Crippen LogP contribution in [0.25, 0.3) is 0 Å². The van der Waals surface area contributed by atoms with E-state index in [-0.39, 0.29) is 10.8 Å². The largest absolute Gasteiger partial charge is 0.240 e. The van der Waals surface area contributed by atoms with Crippen LogP contribution in [0.1, 0.15) is 11.1 Å². The lowest BCUT2D eigenvalue weighted by molar-refractivity contribution is 0.587. The maximum absolute atomic E-state index is 11.6. The van der Waals surface area contributed by atoms with Crippen LogP contribution in [0.15, 0.2) is 17.0 Å². The highest BCUT2D eigenvalue weighted by Crippen LogP contribution is 2.25. The van der Waals surface area contributed by atoms with Crippen LogP contribution in [-0.2, 0) is 15.9 Å². The monoisotopic (exact) mass is 267 g/mol. The van der Waals surface area contributed by atoms with Crippen LogP contribution in [-0.4, -0.2) is 15.5 Å². The third-order valence-electron chi connectivity index (χ3n) is 2.13. The Labute approximate surface area is 99.4 Å². The van der Waals surface area contributed by atoms with Gasteiger partial charge in [0.15, 0.2) is 0 Å². The first kappa shape index (κ1) is 12.8. The lowest BCUT2D eigenvalue weighted by Crippen LogP contribution is -2.20. The third-order valence-corrected chi connectivity index (χ3v) is 4.18. The Balaban J connectivity index is 3.49. The molecule has 0 amide bonds. The summed E-state index contributed by atoms with van der Waals surface area (Å²) in [6.45, 7) is 1.71. The predicted molar refractivity (Wildman–Crippen MR) is 62.0 cm³/mol. The standard InChI is InChI=1S/C9H11Cl2NO2S/c1-6-7(5-10)3-8(11)4-9(6)15(13,14)12-2/h3-4,12H,5H2,1-2H3. The van der Waals surface area contributed by atoms with Crippen molar-refractivity contribution in [3.8, 4) is 0 Å². The van der Waals surface area contributed by atoms with Crippen molar-refractivity contribution in [2.75, 3.05) is 7.05 Å². The molecule has 0 fully saturated rings. The van der Waals surface area contributed by atoms with Gasteiger partial charge >= 0.3 is 0 Å². The van der Waals surface area contributed by atoms with Crippen molar-refractivity contribution in [2.45, 2.75) is 17.7 Å². The molecular weight excluding hydrogens is 257 g/mol. The molecule has 15 heavy (non-hydrogen) atoms. The fourth-order valence-electron chi connectivity index (χ4n) is 1.24. The molecular formula is C9H11Cl2NO2S. The van der Waals surface area contributed by atoms with E-state index in [0.29, 0.717) is 10.6 Å². The Morgan fingerprint density at radius 2 is 2.00 bits per heavy atom. The van der Waals surface area contributed by atoms with Crippen molar-refractivity contribution in [3.05, 3.63) is 28.3 Å². The lowest BCUT2D eigenvalue weighted by Gasteiger charge is -2.10. The Bertz CT molecular complexity index is 471. The van der Waals surface area contributed by atoms with Gasteiger partial charge in [0.1, 0.15) is 0 Å². The zero-order valence-electron chi connectivity index (χ0n) is 8.34. The molecule has 0 saturated heterocycles. The normalized spacial score (nSPS) is 11.7. The molecule has 0 bridgehead atoms. The summed E-state index contributed by atoms with van der Waals surface area (Å²) < 4.78 is 25.5. The quantitative estimate of drug-likeness (QED) is 0.855. The summed E-state index contributed by atoms with van der Waals surface area (Å²) in [4.78, 5) is 0.174. The highest BCUT2D eigenvalue weighted by Gasteiger charge is 2.17. The number of hydrogen-bond acceptors (Lipinski definition) is 2. The fourth-order valence-corrected chi connectivity index (χ4v) is 2.86. The van der Waals surface area contributed by atoms with Crippen LogP contribution in [0.2, 0.25) is 5.02 Å². The second kappa shape index (κ2) is 4.70. The second-order valence-electron chi connectivity index (χ2n) is 3.03. The van der Waals surface area contributed by atoms with Crippen LogP contribution < -0.4 is 4.72 Å². The van der Waals surface area contributed by atoms with E-state index in [1.54, 1.807) is 13.0 Å². The zero-order chi connectivity index (χ0) is 11.6. The number of alkyl halides is 1. The molecule has 0 aliphatic carbocycles. The number of hydrogen-bond donors (Lipinski definition) is 1. The number of rotatable bonds is 3. The van der Waals surface area contributed by atoms with Gasteiger partial charge in [-0.2, -0.15) is 0 Å². The molecule has 84 valence electrons. The van der Waals surface area contributed by atoms with Gasteiger partial charge in [0.2, 0.25) is 10.0 Å². The number of sulfonamides is 1. The van der Waals surface area contributed by atoms with Crippen LogP contribution in [0, 0.1) is 6.92 Å². The molecule has 1 rings (SSSR count). The SMILES string of the molecule is CNS(=O)(=O)c1cc(Cl)cc(CCl)c1C. The summed E-state index contributed by atoms with van der Waals surface area (Å²) in [7, 11) is -2.12. The summed E-state index contributed by atoms with van der Waals surface area (Å²) in [5, 5.41) is 0.366. The maximum Gasteiger partial charge on any atom is 0.240 e. The van der Waals surface area contributed by atoms with E-state index in [9.17, 15) is 8.42 Å². The van der Waals surface area contributed by atoms with Gasteiger partial charge in [-0.15, -0.1) is 11.6 Å². The minimum Gasteiger partial charge on any atom is -0.214 e. The van der Waals surface area contributed by atoms with Gasteiger partial charge in [-0.1, -0.05) is 11.6 Å². The van der Waals surface area contributed by atoms with Crippen molar-refractivity contribution in [1.29, 1.82) is 0 Å². The number of benzene rings is 1. The minimum atomic E-state index is -3.48. The first-order valence-corrected chi connectivity index (χ1v) is 6.60. The highest BCUT2D eigenvalue weighted by atomic mass is 35.5. The molecule has 0 heterocycles. The second-order valence-corrected chi connectivity index (χ2v) is 5.59. The molecule has 3 nitrogen and oxygen atoms in total. The van der Waals surface area contributed by atoms with E-state index in [2.05, 4.69) is 4.72 Å². The molecule has 0 radical (unpaired) electrons. The molecule has 0 saturated carbocycles. The molecule has 6 heteroatoms. The Kier molecular flexibility index (Phi) is 4.00. The fraction of sp³-hybridized carbons (Fsp3) is 0.333. The van der Waals surface area contributed by atoms with Gasteiger partial charge < -0.3 is 0 Å². The summed E-state index contributed by atoms with van der Waals surface area (Å²) in [6, 6.07) is 3.08. The smallest absolute Gasteiger partial charge is 0.214 e. The van der Waals surface area contributed by atoms with Crippen molar-refractivity contribution >= 4 is 33.2 Å². The van der Waals surface area contributed by atoms with Gasteiger partial charge in [-0.3, -0.25) is 0 Å². The van der Waals surface area contributed by atoms with Crippen molar-refractivity contribution in [1.82, 2.24) is 4.72 Å². The van der Waals surface area contributed by atoms with E-state index in [1.807, 2.05) is 0 Å². The average Bonchev–Trinajstić information content (AvgIpc) is 2.20. The lowest BCUT2D eigenvalue weighted by atomic mass is 10.1. The maximum atomic E-state index is 11.6. The van der Waals surface area contributed by atoms with Crippen LogP contribution in [0.4, 0.5) is 0 Å². The predicted octanol–water partition coefficient (Wildman–Crippen LogP) is 2.30. The Morgan fingerprint density at radius 1 is 1.40 bits per heavy atom. The summed E-state index contributed by atoms with van der Waals surface area (Å²) in [5.74, 6) is 0.235. The van der Waals surface area contributed by atoms with Crippen LogP contribution >= 0.6 is 23.2 Å².